The lowest BCUT2D eigenvalue weighted by atomic mass is 9.85. The highest BCUT2D eigenvalue weighted by Crippen LogP contribution is 2.47. The molecule has 0 bridgehead atoms. The SMILES string of the molecule is c1ccc(-c2ccc(-c3c4ccccc4c(-c4ccc5sc6ccc7c(oc8ccc9ccccc9c87)c6c5c4)c4ccccc34)cc2)cc1. The minimum Gasteiger partial charge on any atom is -0.455 e. The van der Waals surface area contributed by atoms with Crippen molar-refractivity contribution < 1.29 is 4.42 Å². The molecule has 0 saturated heterocycles. The molecular weight excluding hydrogens is 625 g/mol. The second-order valence-electron chi connectivity index (χ2n) is 13.2. The van der Waals surface area contributed by atoms with E-state index in [1.807, 2.05) is 11.3 Å². The van der Waals surface area contributed by atoms with Gasteiger partial charge in [0.25, 0.3) is 0 Å². The topological polar surface area (TPSA) is 13.1 Å². The minimum atomic E-state index is 0.936. The van der Waals surface area contributed by atoms with E-state index in [1.54, 1.807) is 0 Å². The monoisotopic (exact) mass is 652 g/mol. The van der Waals surface area contributed by atoms with Crippen LogP contribution >= 0.6 is 11.3 Å². The van der Waals surface area contributed by atoms with Crippen molar-refractivity contribution in [1.29, 1.82) is 0 Å². The summed E-state index contributed by atoms with van der Waals surface area (Å²) in [5, 5.41) is 12.3. The molecule has 2 heterocycles. The highest BCUT2D eigenvalue weighted by molar-refractivity contribution is 7.26. The van der Waals surface area contributed by atoms with Gasteiger partial charge in [-0.3, -0.25) is 0 Å². The molecule has 0 atom stereocenters. The van der Waals surface area contributed by atoms with Crippen LogP contribution in [0, 0.1) is 0 Å². The van der Waals surface area contributed by atoms with Gasteiger partial charge < -0.3 is 4.42 Å². The van der Waals surface area contributed by atoms with E-state index in [-0.39, 0.29) is 0 Å². The first kappa shape index (κ1) is 27.7. The van der Waals surface area contributed by atoms with Crippen molar-refractivity contribution in [2.24, 2.45) is 0 Å². The van der Waals surface area contributed by atoms with Gasteiger partial charge in [-0.1, -0.05) is 140 Å². The molecule has 2 aromatic heterocycles. The van der Waals surface area contributed by atoms with Crippen LogP contribution in [0.3, 0.4) is 0 Å². The molecule has 9 aromatic carbocycles. The Morgan fingerprint density at radius 2 is 0.900 bits per heavy atom. The maximum absolute atomic E-state index is 6.73. The largest absolute Gasteiger partial charge is 0.455 e. The third-order valence-corrected chi connectivity index (χ3v) is 11.6. The summed E-state index contributed by atoms with van der Waals surface area (Å²) in [6, 6.07) is 61.9. The summed E-state index contributed by atoms with van der Waals surface area (Å²) in [7, 11) is 0. The molecule has 11 aromatic rings. The van der Waals surface area contributed by atoms with Gasteiger partial charge in [-0.05, 0) is 96.0 Å². The number of hydrogen-bond acceptors (Lipinski definition) is 2. The molecule has 0 radical (unpaired) electrons. The summed E-state index contributed by atoms with van der Waals surface area (Å²) in [5.41, 5.74) is 9.35. The van der Waals surface area contributed by atoms with Crippen molar-refractivity contribution >= 4 is 85.8 Å². The Bertz CT molecular complexity index is 3070. The number of rotatable bonds is 3. The second-order valence-corrected chi connectivity index (χ2v) is 14.3. The van der Waals surface area contributed by atoms with Crippen LogP contribution in [0.5, 0.6) is 0 Å². The van der Waals surface area contributed by atoms with Gasteiger partial charge in [0.05, 0.1) is 0 Å². The average molecular weight is 653 g/mol. The first-order valence-corrected chi connectivity index (χ1v) is 17.9. The molecule has 50 heavy (non-hydrogen) atoms. The minimum absolute atomic E-state index is 0.936. The Kier molecular flexibility index (Phi) is 5.89. The molecule has 0 spiro atoms. The van der Waals surface area contributed by atoms with Crippen molar-refractivity contribution in [3.63, 3.8) is 0 Å². The van der Waals surface area contributed by atoms with Crippen molar-refractivity contribution in [3.05, 3.63) is 170 Å². The summed E-state index contributed by atoms with van der Waals surface area (Å²) < 4.78 is 9.25. The molecule has 0 aliphatic carbocycles. The highest BCUT2D eigenvalue weighted by Gasteiger charge is 2.20. The van der Waals surface area contributed by atoms with Gasteiger partial charge in [-0.15, -0.1) is 11.3 Å². The van der Waals surface area contributed by atoms with E-state index in [4.69, 9.17) is 4.42 Å². The van der Waals surface area contributed by atoms with Crippen molar-refractivity contribution in [2.45, 2.75) is 0 Å². The molecule has 0 amide bonds. The lowest BCUT2D eigenvalue weighted by Gasteiger charge is -2.18. The Labute approximate surface area is 292 Å². The van der Waals surface area contributed by atoms with E-state index in [9.17, 15) is 0 Å². The number of furan rings is 1. The molecular formula is C48H28OS. The third kappa shape index (κ3) is 4.00. The average Bonchev–Trinajstić information content (AvgIpc) is 3.75. The Morgan fingerprint density at radius 1 is 0.340 bits per heavy atom. The van der Waals surface area contributed by atoms with E-state index in [0.717, 1.165) is 11.2 Å². The Morgan fingerprint density at radius 3 is 1.62 bits per heavy atom. The molecule has 232 valence electrons. The molecule has 2 heteroatoms. The molecule has 0 N–H and O–H groups in total. The molecule has 0 aliphatic rings. The van der Waals surface area contributed by atoms with Crippen LogP contribution in [0.1, 0.15) is 0 Å². The van der Waals surface area contributed by atoms with Gasteiger partial charge in [0.1, 0.15) is 11.2 Å². The van der Waals surface area contributed by atoms with E-state index in [1.165, 1.54) is 96.6 Å². The Hall–Kier alpha value is -6.22. The van der Waals surface area contributed by atoms with Crippen LogP contribution in [-0.4, -0.2) is 0 Å². The zero-order valence-corrected chi connectivity index (χ0v) is 27.8. The molecule has 0 aliphatic heterocycles. The second kappa shape index (κ2) is 10.6. The predicted octanol–water partition coefficient (Wildman–Crippen LogP) is 14.4. The molecule has 0 unspecified atom stereocenters. The van der Waals surface area contributed by atoms with E-state index < -0.39 is 0 Å². The van der Waals surface area contributed by atoms with Gasteiger partial charge in [-0.2, -0.15) is 0 Å². The van der Waals surface area contributed by atoms with Crippen LogP contribution in [0.15, 0.2) is 174 Å². The van der Waals surface area contributed by atoms with Crippen LogP contribution in [0.25, 0.3) is 108 Å². The summed E-state index contributed by atoms with van der Waals surface area (Å²) >= 11 is 1.84. The van der Waals surface area contributed by atoms with Crippen molar-refractivity contribution in [1.82, 2.24) is 0 Å². The maximum atomic E-state index is 6.73. The Balaban J connectivity index is 1.17. The third-order valence-electron chi connectivity index (χ3n) is 10.5. The summed E-state index contributed by atoms with van der Waals surface area (Å²) in [6.07, 6.45) is 0. The first-order chi connectivity index (χ1) is 24.8. The molecule has 0 fully saturated rings. The van der Waals surface area contributed by atoms with E-state index in [0.29, 0.717) is 0 Å². The quantitative estimate of drug-likeness (QED) is 0.173. The van der Waals surface area contributed by atoms with Gasteiger partial charge in [0, 0.05) is 30.9 Å². The number of fused-ring (bicyclic) bond motifs is 11. The maximum Gasteiger partial charge on any atom is 0.144 e. The van der Waals surface area contributed by atoms with Gasteiger partial charge in [-0.25, -0.2) is 0 Å². The van der Waals surface area contributed by atoms with Crippen molar-refractivity contribution in [3.8, 4) is 33.4 Å². The number of benzene rings is 9. The normalized spacial score (nSPS) is 12.0. The first-order valence-electron chi connectivity index (χ1n) is 17.1. The van der Waals surface area contributed by atoms with Crippen LogP contribution in [-0.2, 0) is 0 Å². The van der Waals surface area contributed by atoms with E-state index in [2.05, 4.69) is 170 Å². The standard InChI is InChI=1S/C48H28OS/c1-2-10-29(11-3-1)30-18-20-32(21-19-30)44-35-14-6-8-16-37(35)45(38-17-9-7-15-36(38)44)33-23-26-42-40(28-33)47-43(50-42)27-24-39-46-34-13-5-4-12-31(34)22-25-41(46)49-48(39)47/h1-28H. The summed E-state index contributed by atoms with van der Waals surface area (Å²) in [5.74, 6) is 0. The zero-order valence-electron chi connectivity index (χ0n) is 27.0. The van der Waals surface area contributed by atoms with Gasteiger partial charge >= 0.3 is 0 Å². The molecule has 11 rings (SSSR count). The molecule has 1 nitrogen and oxygen atoms in total. The number of hydrogen-bond donors (Lipinski definition) is 0. The summed E-state index contributed by atoms with van der Waals surface area (Å²) in [4.78, 5) is 0. The number of thiophene rings is 1. The van der Waals surface area contributed by atoms with Gasteiger partial charge in [0.15, 0.2) is 0 Å². The summed E-state index contributed by atoms with van der Waals surface area (Å²) in [6.45, 7) is 0. The fraction of sp³-hybridized carbons (Fsp3) is 0. The smallest absolute Gasteiger partial charge is 0.144 e. The van der Waals surface area contributed by atoms with E-state index >= 15 is 0 Å². The predicted molar refractivity (Wildman–Crippen MR) is 215 cm³/mol. The lowest BCUT2D eigenvalue weighted by Crippen LogP contribution is -1.91. The fourth-order valence-corrected chi connectivity index (χ4v) is 9.32. The van der Waals surface area contributed by atoms with Crippen LogP contribution < -0.4 is 0 Å². The zero-order chi connectivity index (χ0) is 32.8. The fourth-order valence-electron chi connectivity index (χ4n) is 8.23. The van der Waals surface area contributed by atoms with Crippen LogP contribution in [0.4, 0.5) is 0 Å². The van der Waals surface area contributed by atoms with Gasteiger partial charge in [0.2, 0.25) is 0 Å². The molecule has 0 saturated carbocycles. The lowest BCUT2D eigenvalue weighted by molar-refractivity contribution is 0.673. The van der Waals surface area contributed by atoms with Crippen molar-refractivity contribution in [2.75, 3.05) is 0 Å². The highest BCUT2D eigenvalue weighted by atomic mass is 32.1. The van der Waals surface area contributed by atoms with Crippen LogP contribution in [0.2, 0.25) is 0 Å².